The first-order chi connectivity index (χ1) is 11.9. The molecule has 0 unspecified atom stereocenters. The summed E-state index contributed by atoms with van der Waals surface area (Å²) in [6.07, 6.45) is 0. The van der Waals surface area contributed by atoms with Crippen molar-refractivity contribution in [2.75, 3.05) is 12.1 Å². The summed E-state index contributed by atoms with van der Waals surface area (Å²) >= 11 is 0. The number of nitrogens with one attached hydrogen (secondary N) is 1. The molecule has 0 saturated heterocycles. The van der Waals surface area contributed by atoms with E-state index < -0.39 is 0 Å². The lowest BCUT2D eigenvalue weighted by molar-refractivity contribution is 0.174. The number of rotatable bonds is 6. The van der Waals surface area contributed by atoms with Crippen LogP contribution in [-0.4, -0.2) is 17.0 Å². The smallest absolute Gasteiger partial charge is 0.253 e. The van der Waals surface area contributed by atoms with E-state index in [-0.39, 0.29) is 13.4 Å². The van der Waals surface area contributed by atoms with Crippen molar-refractivity contribution in [3.05, 3.63) is 60.3 Å². The highest BCUT2D eigenvalue weighted by molar-refractivity contribution is 5.55. The van der Waals surface area contributed by atoms with E-state index in [9.17, 15) is 0 Å². The largest absolute Gasteiger partial charge is 0.484 e. The summed E-state index contributed by atoms with van der Waals surface area (Å²) in [5.41, 5.74) is 0.888. The maximum Gasteiger partial charge on any atom is 0.253 e. The van der Waals surface area contributed by atoms with Gasteiger partial charge in [-0.2, -0.15) is 0 Å². The molecule has 0 amide bonds. The number of hydrogen-bond acceptors (Lipinski definition) is 7. The van der Waals surface area contributed by atoms with Gasteiger partial charge in [-0.25, -0.2) is 0 Å². The molecule has 1 aromatic heterocycles. The third-order valence-corrected chi connectivity index (χ3v) is 3.43. The van der Waals surface area contributed by atoms with Crippen LogP contribution in [0.2, 0.25) is 0 Å². The lowest BCUT2D eigenvalue weighted by Gasteiger charge is -2.04. The third-order valence-electron chi connectivity index (χ3n) is 3.43. The van der Waals surface area contributed by atoms with Gasteiger partial charge in [0.15, 0.2) is 18.1 Å². The summed E-state index contributed by atoms with van der Waals surface area (Å²) in [6.45, 7) is 0.909. The second kappa shape index (κ2) is 6.49. The first-order valence-corrected chi connectivity index (χ1v) is 7.49. The van der Waals surface area contributed by atoms with Crippen molar-refractivity contribution in [2.24, 2.45) is 0 Å². The molecule has 4 rings (SSSR count). The summed E-state index contributed by atoms with van der Waals surface area (Å²) in [5, 5.41) is 11.2. The van der Waals surface area contributed by atoms with Gasteiger partial charge in [-0.1, -0.05) is 18.2 Å². The second-order valence-electron chi connectivity index (χ2n) is 5.11. The molecule has 2 aromatic carbocycles. The molecule has 1 N–H and O–H groups in total. The van der Waals surface area contributed by atoms with E-state index in [1.54, 1.807) is 0 Å². The molecule has 1 aliphatic rings. The van der Waals surface area contributed by atoms with Gasteiger partial charge in [0.1, 0.15) is 5.75 Å². The number of benzene rings is 2. The standard InChI is InChI=1S/C17H15N3O4/c1-2-4-13(5-3-1)21-10-17-20-19-16(24-17)9-18-12-6-7-14-15(8-12)23-11-22-14/h1-8,18H,9-11H2. The highest BCUT2D eigenvalue weighted by Crippen LogP contribution is 2.34. The van der Waals surface area contributed by atoms with Gasteiger partial charge in [-0.3, -0.25) is 0 Å². The summed E-state index contributed by atoms with van der Waals surface area (Å²) in [5.74, 6) is 3.15. The number of ether oxygens (including phenoxy) is 3. The van der Waals surface area contributed by atoms with Crippen molar-refractivity contribution < 1.29 is 18.6 Å². The molecule has 2 heterocycles. The van der Waals surface area contributed by atoms with Crippen molar-refractivity contribution in [1.82, 2.24) is 10.2 Å². The summed E-state index contributed by atoms with van der Waals surface area (Å²) in [4.78, 5) is 0. The van der Waals surface area contributed by atoms with Gasteiger partial charge in [0.25, 0.3) is 5.89 Å². The van der Waals surface area contributed by atoms with Crippen molar-refractivity contribution in [1.29, 1.82) is 0 Å². The van der Waals surface area contributed by atoms with E-state index in [1.807, 2.05) is 48.5 Å². The van der Waals surface area contributed by atoms with Gasteiger partial charge in [-0.05, 0) is 24.3 Å². The Morgan fingerprint density at radius 1 is 0.958 bits per heavy atom. The monoisotopic (exact) mass is 325 g/mol. The van der Waals surface area contributed by atoms with Crippen LogP contribution >= 0.6 is 0 Å². The Bertz CT molecular complexity index is 820. The predicted molar refractivity (Wildman–Crippen MR) is 85.0 cm³/mol. The Morgan fingerprint density at radius 3 is 2.71 bits per heavy atom. The zero-order valence-corrected chi connectivity index (χ0v) is 12.8. The fourth-order valence-electron chi connectivity index (χ4n) is 2.26. The van der Waals surface area contributed by atoms with Crippen LogP contribution in [0.25, 0.3) is 0 Å². The van der Waals surface area contributed by atoms with Crippen LogP contribution in [0.3, 0.4) is 0 Å². The van der Waals surface area contributed by atoms with Crippen LogP contribution in [0, 0.1) is 0 Å². The highest BCUT2D eigenvalue weighted by Gasteiger charge is 2.13. The van der Waals surface area contributed by atoms with Gasteiger partial charge in [0, 0.05) is 11.8 Å². The minimum atomic E-state index is 0.237. The zero-order chi connectivity index (χ0) is 16.2. The average Bonchev–Trinajstić information content (AvgIpc) is 3.28. The van der Waals surface area contributed by atoms with Crippen LogP contribution in [0.5, 0.6) is 17.2 Å². The predicted octanol–water partition coefficient (Wildman–Crippen LogP) is 2.99. The molecule has 1 aliphatic heterocycles. The molecule has 7 nitrogen and oxygen atoms in total. The second-order valence-corrected chi connectivity index (χ2v) is 5.11. The highest BCUT2D eigenvalue weighted by atomic mass is 16.7. The van der Waals surface area contributed by atoms with Crippen LogP contribution < -0.4 is 19.5 Å². The molecule has 0 saturated carbocycles. The summed E-state index contributed by atoms with van der Waals surface area (Å²) in [6, 6.07) is 15.1. The lowest BCUT2D eigenvalue weighted by Crippen LogP contribution is -1.99. The molecule has 0 radical (unpaired) electrons. The minimum absolute atomic E-state index is 0.237. The maximum absolute atomic E-state index is 5.57. The minimum Gasteiger partial charge on any atom is -0.484 e. The van der Waals surface area contributed by atoms with Crippen molar-refractivity contribution >= 4 is 5.69 Å². The quantitative estimate of drug-likeness (QED) is 0.746. The van der Waals surface area contributed by atoms with E-state index in [2.05, 4.69) is 15.5 Å². The van der Waals surface area contributed by atoms with E-state index >= 15 is 0 Å². The average molecular weight is 325 g/mol. The summed E-state index contributed by atoms with van der Waals surface area (Å²) < 4.78 is 21.7. The Morgan fingerprint density at radius 2 is 1.79 bits per heavy atom. The van der Waals surface area contributed by atoms with Gasteiger partial charge in [0.2, 0.25) is 12.7 Å². The molecule has 122 valence electrons. The van der Waals surface area contributed by atoms with Crippen LogP contribution in [-0.2, 0) is 13.2 Å². The SMILES string of the molecule is c1ccc(OCc2nnc(CNc3ccc4c(c3)OCO4)o2)cc1. The van der Waals surface area contributed by atoms with Crippen molar-refractivity contribution in [2.45, 2.75) is 13.2 Å². The normalized spacial score (nSPS) is 12.2. The van der Waals surface area contributed by atoms with E-state index in [0.717, 1.165) is 22.9 Å². The topological polar surface area (TPSA) is 78.6 Å². The number of nitrogens with zero attached hydrogens (tertiary/aromatic N) is 2. The van der Waals surface area contributed by atoms with Crippen LogP contribution in [0.1, 0.15) is 11.8 Å². The number of hydrogen-bond donors (Lipinski definition) is 1. The van der Waals surface area contributed by atoms with E-state index in [4.69, 9.17) is 18.6 Å². The molecule has 7 heteroatoms. The first-order valence-electron chi connectivity index (χ1n) is 7.49. The number of fused-ring (bicyclic) bond motifs is 1. The van der Waals surface area contributed by atoms with Crippen molar-refractivity contribution in [3.63, 3.8) is 0 Å². The van der Waals surface area contributed by atoms with Gasteiger partial charge in [0.05, 0.1) is 6.54 Å². The first kappa shape index (κ1) is 14.4. The van der Waals surface area contributed by atoms with Gasteiger partial charge >= 0.3 is 0 Å². The van der Waals surface area contributed by atoms with Crippen LogP contribution in [0.4, 0.5) is 5.69 Å². The molecule has 0 spiro atoms. The molecule has 0 aliphatic carbocycles. The molecule has 0 atom stereocenters. The van der Waals surface area contributed by atoms with Gasteiger partial charge in [-0.15, -0.1) is 10.2 Å². The van der Waals surface area contributed by atoms with Gasteiger partial charge < -0.3 is 23.9 Å². The molecule has 0 bridgehead atoms. The third kappa shape index (κ3) is 3.24. The Kier molecular flexibility index (Phi) is 3.89. The molecule has 24 heavy (non-hydrogen) atoms. The molecular formula is C17H15N3O4. The Hall–Kier alpha value is -3.22. The fourth-order valence-corrected chi connectivity index (χ4v) is 2.26. The Labute approximate surface area is 138 Å². The number of aromatic nitrogens is 2. The molecular weight excluding hydrogens is 310 g/mol. The zero-order valence-electron chi connectivity index (χ0n) is 12.8. The number of para-hydroxylation sites is 1. The van der Waals surface area contributed by atoms with Crippen LogP contribution in [0.15, 0.2) is 52.9 Å². The molecule has 0 fully saturated rings. The molecule has 3 aromatic rings. The lowest BCUT2D eigenvalue weighted by atomic mass is 10.3. The van der Waals surface area contributed by atoms with E-state index in [0.29, 0.717) is 18.3 Å². The summed E-state index contributed by atoms with van der Waals surface area (Å²) in [7, 11) is 0. The van der Waals surface area contributed by atoms with Crippen molar-refractivity contribution in [3.8, 4) is 17.2 Å². The Balaban J connectivity index is 1.32. The fraction of sp³-hybridized carbons (Fsp3) is 0.176. The maximum atomic E-state index is 5.57. The number of anilines is 1. The van der Waals surface area contributed by atoms with E-state index in [1.165, 1.54) is 0 Å².